The number of nitrogen functional groups attached to an aromatic ring is 1. The molecule has 0 saturated heterocycles. The van der Waals surface area contributed by atoms with E-state index >= 15 is 0 Å². The summed E-state index contributed by atoms with van der Waals surface area (Å²) in [6.45, 7) is 2.20. The molecule has 4 N–H and O–H groups in total. The summed E-state index contributed by atoms with van der Waals surface area (Å²) in [4.78, 5) is 33.6. The molecule has 1 atom stereocenters. The lowest BCUT2D eigenvalue weighted by molar-refractivity contribution is -0.137. The van der Waals surface area contributed by atoms with Gasteiger partial charge in [-0.25, -0.2) is 18.7 Å². The van der Waals surface area contributed by atoms with Crippen LogP contribution in [0.2, 0.25) is 5.02 Å². The molecule has 9 nitrogen and oxygen atoms in total. The lowest BCUT2D eigenvalue weighted by Gasteiger charge is -2.28. The Morgan fingerprint density at radius 2 is 1.88 bits per heavy atom. The van der Waals surface area contributed by atoms with E-state index < -0.39 is 17.3 Å². The number of rotatable bonds is 7. The van der Waals surface area contributed by atoms with E-state index in [0.717, 1.165) is 16.5 Å². The molecule has 1 aliphatic heterocycles. The Hall–Kier alpha value is -4.12. The number of nitrogens with two attached hydrogens (primary N) is 1. The van der Waals surface area contributed by atoms with Crippen molar-refractivity contribution in [3.05, 3.63) is 64.2 Å². The van der Waals surface area contributed by atoms with Crippen LogP contribution in [0.15, 0.2) is 42.5 Å². The first-order chi connectivity index (χ1) is 19.9. The number of carbonyl (C=O) groups is 2. The molecule has 1 saturated carbocycles. The van der Waals surface area contributed by atoms with Gasteiger partial charge in [0.05, 0.1) is 11.1 Å². The number of halogens is 3. The maximum Gasteiger partial charge on any atom is 0.303 e. The van der Waals surface area contributed by atoms with Gasteiger partial charge in [-0.2, -0.15) is 5.10 Å². The summed E-state index contributed by atoms with van der Waals surface area (Å²) in [7, 11) is 0. The Morgan fingerprint density at radius 3 is 2.57 bits per heavy atom. The third-order valence-corrected chi connectivity index (χ3v) is 8.71. The molecule has 6 rings (SSSR count). The topological polar surface area (TPSA) is 136 Å². The molecule has 0 bridgehead atoms. The zero-order chi connectivity index (χ0) is 29.8. The minimum atomic E-state index is -2.62. The number of hydrogen-bond acceptors (Lipinski definition) is 6. The molecule has 3 heterocycles. The van der Waals surface area contributed by atoms with Crippen LogP contribution in [0.1, 0.15) is 55.7 Å². The molecular formula is C30H29ClF2N6O3. The van der Waals surface area contributed by atoms with E-state index in [4.69, 9.17) is 27.5 Å². The number of aromatic nitrogens is 4. The summed E-state index contributed by atoms with van der Waals surface area (Å²) in [6, 6.07) is 12.5. The Labute approximate surface area is 245 Å². The highest BCUT2D eigenvalue weighted by Gasteiger charge is 2.47. The molecular weight excluding hydrogens is 566 g/mol. The number of nitrogens with zero attached hydrogens (tertiary/aromatic N) is 4. The summed E-state index contributed by atoms with van der Waals surface area (Å²) in [6.07, 6.45) is 0.909. The quantitative estimate of drug-likeness (QED) is 0.245. The predicted molar refractivity (Wildman–Crippen MR) is 155 cm³/mol. The van der Waals surface area contributed by atoms with E-state index in [-0.39, 0.29) is 48.5 Å². The SMILES string of the molecule is CC1(c2ccc(CCC(=O)O)cc2)C(=O)Nc2nc(-c3nn(CC4CCC(F)(F)CC4)c4cc(Cl)ccc34)nc(N)c21. The van der Waals surface area contributed by atoms with Crippen LogP contribution in [0.3, 0.4) is 0 Å². The number of amides is 1. The highest BCUT2D eigenvalue weighted by Crippen LogP contribution is 2.45. The molecule has 12 heteroatoms. The summed E-state index contributed by atoms with van der Waals surface area (Å²) in [5, 5.41) is 17.8. The number of carboxylic acid groups (broad SMARTS) is 1. The van der Waals surface area contributed by atoms with Crippen molar-refractivity contribution in [3.63, 3.8) is 0 Å². The third-order valence-electron chi connectivity index (χ3n) is 8.48. The van der Waals surface area contributed by atoms with Crippen LogP contribution in [0.25, 0.3) is 22.4 Å². The zero-order valence-corrected chi connectivity index (χ0v) is 23.6. The molecule has 2 aromatic carbocycles. The molecule has 42 heavy (non-hydrogen) atoms. The van der Waals surface area contributed by atoms with Gasteiger partial charge in [0.25, 0.3) is 0 Å². The maximum absolute atomic E-state index is 13.7. The van der Waals surface area contributed by atoms with Crippen LogP contribution in [-0.4, -0.2) is 42.7 Å². The number of fused-ring (bicyclic) bond motifs is 2. The summed E-state index contributed by atoms with van der Waals surface area (Å²) in [5.74, 6) is -3.14. The molecule has 1 unspecified atom stereocenters. The number of alkyl halides is 2. The predicted octanol–water partition coefficient (Wildman–Crippen LogP) is 5.83. The van der Waals surface area contributed by atoms with E-state index in [1.54, 1.807) is 48.0 Å². The van der Waals surface area contributed by atoms with Gasteiger partial charge in [0, 0.05) is 36.2 Å². The number of nitrogens with one attached hydrogen (secondary N) is 1. The highest BCUT2D eigenvalue weighted by molar-refractivity contribution is 6.31. The Morgan fingerprint density at radius 1 is 1.17 bits per heavy atom. The zero-order valence-electron chi connectivity index (χ0n) is 22.8. The summed E-state index contributed by atoms with van der Waals surface area (Å²) < 4.78 is 29.3. The largest absolute Gasteiger partial charge is 0.481 e. The first-order valence-electron chi connectivity index (χ1n) is 13.8. The maximum atomic E-state index is 13.7. The second-order valence-corrected chi connectivity index (χ2v) is 11.8. The van der Waals surface area contributed by atoms with Crippen molar-refractivity contribution in [3.8, 4) is 11.5 Å². The van der Waals surface area contributed by atoms with Crippen LogP contribution in [0, 0.1) is 5.92 Å². The van der Waals surface area contributed by atoms with Crippen molar-refractivity contribution < 1.29 is 23.5 Å². The van der Waals surface area contributed by atoms with Gasteiger partial charge in [-0.05, 0) is 61.4 Å². The average Bonchev–Trinajstić information content (AvgIpc) is 3.43. The van der Waals surface area contributed by atoms with Gasteiger partial charge in [0.15, 0.2) is 5.82 Å². The number of carboxylic acids is 1. The molecule has 2 aromatic heterocycles. The average molecular weight is 595 g/mol. The van der Waals surface area contributed by atoms with Gasteiger partial charge in [0.2, 0.25) is 11.8 Å². The van der Waals surface area contributed by atoms with Gasteiger partial charge >= 0.3 is 5.97 Å². The first kappa shape index (κ1) is 28.0. The normalized spacial score (nSPS) is 20.0. The summed E-state index contributed by atoms with van der Waals surface area (Å²) in [5.41, 5.74) is 8.48. The number of aryl methyl sites for hydroxylation is 1. The summed E-state index contributed by atoms with van der Waals surface area (Å²) >= 11 is 6.31. The van der Waals surface area contributed by atoms with Gasteiger partial charge < -0.3 is 16.2 Å². The molecule has 1 fully saturated rings. The molecule has 0 spiro atoms. The number of anilines is 2. The Bertz CT molecular complexity index is 1710. The van der Waals surface area contributed by atoms with E-state index in [0.29, 0.717) is 47.7 Å². The first-order valence-corrected chi connectivity index (χ1v) is 14.2. The Balaban J connectivity index is 1.36. The molecule has 4 aromatic rings. The molecule has 218 valence electrons. The van der Waals surface area contributed by atoms with Gasteiger partial charge in [-0.15, -0.1) is 0 Å². The second kappa shape index (κ2) is 10.3. The van der Waals surface area contributed by atoms with Gasteiger partial charge in [-0.3, -0.25) is 14.3 Å². The van der Waals surface area contributed by atoms with E-state index in [1.807, 2.05) is 6.07 Å². The lowest BCUT2D eigenvalue weighted by atomic mass is 9.77. The molecule has 1 amide bonds. The van der Waals surface area contributed by atoms with Crippen LogP contribution in [0.4, 0.5) is 20.4 Å². The van der Waals surface area contributed by atoms with Crippen LogP contribution < -0.4 is 11.1 Å². The fraction of sp³-hybridized carbons (Fsp3) is 0.367. The minimum Gasteiger partial charge on any atom is -0.481 e. The Kier molecular flexibility index (Phi) is 6.87. The molecule has 2 aliphatic rings. The van der Waals surface area contributed by atoms with Crippen molar-refractivity contribution in [1.82, 2.24) is 19.7 Å². The van der Waals surface area contributed by atoms with Gasteiger partial charge in [-0.1, -0.05) is 35.9 Å². The van der Waals surface area contributed by atoms with Crippen LogP contribution >= 0.6 is 11.6 Å². The molecule has 0 radical (unpaired) electrons. The van der Waals surface area contributed by atoms with E-state index in [2.05, 4.69) is 15.3 Å². The minimum absolute atomic E-state index is 0.0107. The smallest absolute Gasteiger partial charge is 0.303 e. The van der Waals surface area contributed by atoms with Crippen LogP contribution in [-0.2, 0) is 28.0 Å². The number of carbonyl (C=O) groups excluding carboxylic acids is 1. The molecule has 1 aliphatic carbocycles. The fourth-order valence-electron chi connectivity index (χ4n) is 6.02. The van der Waals surface area contributed by atoms with Crippen LogP contribution in [0.5, 0.6) is 0 Å². The van der Waals surface area contributed by atoms with Crippen molar-refractivity contribution in [2.24, 2.45) is 5.92 Å². The number of benzene rings is 2. The van der Waals surface area contributed by atoms with Crippen molar-refractivity contribution in [2.75, 3.05) is 11.1 Å². The van der Waals surface area contributed by atoms with E-state index in [9.17, 15) is 18.4 Å². The van der Waals surface area contributed by atoms with E-state index in [1.165, 1.54) is 0 Å². The van der Waals surface area contributed by atoms with Crippen molar-refractivity contribution in [2.45, 2.75) is 63.3 Å². The highest BCUT2D eigenvalue weighted by atomic mass is 35.5. The van der Waals surface area contributed by atoms with Gasteiger partial charge in [0.1, 0.15) is 22.7 Å². The standard InChI is InChI=1S/C30H29ClF2N6O3/c1-29(18-5-2-16(3-6-18)4-9-22(40)41)23-25(34)35-27(36-26(23)37-28(29)42)24-20-8-7-19(31)14-21(20)39(38-24)15-17-10-12-30(32,33)13-11-17/h2-3,5-8,14,17H,4,9-13,15H2,1H3,(H,40,41)(H3,34,35,36,37,42). The monoisotopic (exact) mass is 594 g/mol. The number of hydrogen-bond donors (Lipinski definition) is 3. The van der Waals surface area contributed by atoms with Crippen molar-refractivity contribution in [1.29, 1.82) is 0 Å². The van der Waals surface area contributed by atoms with Crippen molar-refractivity contribution >= 4 is 46.0 Å². The second-order valence-electron chi connectivity index (χ2n) is 11.3. The lowest BCUT2D eigenvalue weighted by Crippen LogP contribution is -2.33. The number of aliphatic carboxylic acids is 1. The third kappa shape index (κ3) is 4.95. The fourth-order valence-corrected chi connectivity index (χ4v) is 6.19.